The van der Waals surface area contributed by atoms with Gasteiger partial charge >= 0.3 is 11.4 Å². The first-order valence-electron chi connectivity index (χ1n) is 5.27. The monoisotopic (exact) mass is 252 g/mol. The van der Waals surface area contributed by atoms with Gasteiger partial charge in [0.25, 0.3) is 0 Å². The third kappa shape index (κ3) is 2.06. The highest BCUT2D eigenvalue weighted by Gasteiger charge is 2.21. The van der Waals surface area contributed by atoms with Crippen LogP contribution in [0.4, 0.5) is 0 Å². The molecule has 2 atom stereocenters. The van der Waals surface area contributed by atoms with Crippen LogP contribution >= 0.6 is 0 Å². The molecule has 1 aromatic carbocycles. The Kier molecular flexibility index (Phi) is 3.28. The maximum Gasteiger partial charge on any atom is 0.419 e. The van der Waals surface area contributed by atoms with E-state index < -0.39 is 23.6 Å². The van der Waals surface area contributed by atoms with Crippen molar-refractivity contribution in [1.29, 1.82) is 0 Å². The van der Waals surface area contributed by atoms with Gasteiger partial charge in [-0.3, -0.25) is 4.98 Å². The van der Waals surface area contributed by atoms with Crippen molar-refractivity contribution in [1.82, 2.24) is 4.98 Å². The van der Waals surface area contributed by atoms with Crippen molar-refractivity contribution in [2.45, 2.75) is 12.2 Å². The van der Waals surface area contributed by atoms with Crippen LogP contribution in [0, 0.1) is 0 Å². The van der Waals surface area contributed by atoms with Gasteiger partial charge in [-0.05, 0) is 11.6 Å². The van der Waals surface area contributed by atoms with Gasteiger partial charge in [-0.25, -0.2) is 9.59 Å². The number of benzene rings is 1. The second-order valence-corrected chi connectivity index (χ2v) is 3.82. The zero-order valence-electron chi connectivity index (χ0n) is 9.29. The molecule has 0 fully saturated rings. The molecule has 96 valence electrons. The summed E-state index contributed by atoms with van der Waals surface area (Å²) >= 11 is 0. The number of fused-ring (bicyclic) bond motifs is 1. The average molecular weight is 252 g/mol. The summed E-state index contributed by atoms with van der Waals surface area (Å²) in [5, 5.41) is 19.4. The molecular weight excluding hydrogens is 240 g/mol. The molecule has 5 N–H and O–H groups in total. The summed E-state index contributed by atoms with van der Waals surface area (Å²) in [6.45, 7) is -0.160. The number of H-pyrrole nitrogens is 1. The summed E-state index contributed by atoms with van der Waals surface area (Å²) in [6, 6.07) is 4.50. The fourth-order valence-electron chi connectivity index (χ4n) is 1.76. The number of hydrogen-bond acceptors (Lipinski definition) is 6. The average Bonchev–Trinajstić information content (AvgIpc) is 2.35. The minimum absolute atomic E-state index is 0.0251. The van der Waals surface area contributed by atoms with Crippen LogP contribution in [0.15, 0.2) is 32.2 Å². The van der Waals surface area contributed by atoms with E-state index >= 15 is 0 Å². The van der Waals surface area contributed by atoms with E-state index in [1.54, 1.807) is 6.07 Å². The standard InChI is InChI=1S/C11H12N2O5/c12-4-7(14)9(15)5-2-1-3-6-8(5)10(16)18-11(17)13-6/h1-3,7,9,14-15H,4,12H2,(H,13,17). The molecule has 18 heavy (non-hydrogen) atoms. The van der Waals surface area contributed by atoms with Gasteiger partial charge < -0.3 is 20.4 Å². The van der Waals surface area contributed by atoms with Crippen molar-refractivity contribution in [3.05, 3.63) is 44.7 Å². The SMILES string of the molecule is NCC(O)C(O)c1cccc2[nH]c(=O)oc(=O)c12. The van der Waals surface area contributed by atoms with Gasteiger partial charge in [0, 0.05) is 6.54 Å². The molecule has 7 nitrogen and oxygen atoms in total. The quantitative estimate of drug-likeness (QED) is 0.545. The van der Waals surface area contributed by atoms with Gasteiger partial charge in [0.2, 0.25) is 0 Å². The Morgan fingerprint density at radius 2 is 2.06 bits per heavy atom. The highest BCUT2D eigenvalue weighted by atomic mass is 16.4. The lowest BCUT2D eigenvalue weighted by atomic mass is 10.0. The Balaban J connectivity index is 2.73. The minimum Gasteiger partial charge on any atom is -0.389 e. The van der Waals surface area contributed by atoms with E-state index in [1.807, 2.05) is 0 Å². The minimum atomic E-state index is -1.33. The Morgan fingerprint density at radius 1 is 1.33 bits per heavy atom. The molecule has 0 saturated carbocycles. The van der Waals surface area contributed by atoms with Crippen molar-refractivity contribution < 1.29 is 14.6 Å². The van der Waals surface area contributed by atoms with E-state index in [2.05, 4.69) is 9.40 Å². The van der Waals surface area contributed by atoms with Gasteiger partial charge in [0.15, 0.2) is 0 Å². The van der Waals surface area contributed by atoms with Crippen LogP contribution in [0.2, 0.25) is 0 Å². The maximum atomic E-state index is 11.6. The Labute approximate surface area is 100 Å². The fourth-order valence-corrected chi connectivity index (χ4v) is 1.76. The van der Waals surface area contributed by atoms with Gasteiger partial charge in [-0.1, -0.05) is 12.1 Å². The van der Waals surface area contributed by atoms with E-state index in [1.165, 1.54) is 12.1 Å². The predicted octanol–water partition coefficient (Wildman–Crippen LogP) is -1.17. The van der Waals surface area contributed by atoms with Gasteiger partial charge in [0.1, 0.15) is 6.10 Å². The van der Waals surface area contributed by atoms with E-state index in [-0.39, 0.29) is 23.0 Å². The topological polar surface area (TPSA) is 130 Å². The molecule has 0 aliphatic carbocycles. The van der Waals surface area contributed by atoms with Crippen LogP contribution in [-0.2, 0) is 0 Å². The maximum absolute atomic E-state index is 11.6. The third-order valence-corrected chi connectivity index (χ3v) is 2.65. The lowest BCUT2D eigenvalue weighted by molar-refractivity contribution is 0.0251. The summed E-state index contributed by atoms with van der Waals surface area (Å²) < 4.78 is 4.40. The zero-order chi connectivity index (χ0) is 13.3. The molecule has 0 aliphatic rings. The van der Waals surface area contributed by atoms with Crippen LogP contribution in [-0.4, -0.2) is 27.8 Å². The van der Waals surface area contributed by atoms with Crippen molar-refractivity contribution >= 4 is 10.9 Å². The number of rotatable bonds is 3. The molecule has 0 spiro atoms. The fraction of sp³-hybridized carbons (Fsp3) is 0.273. The number of aromatic amines is 1. The van der Waals surface area contributed by atoms with E-state index in [0.29, 0.717) is 0 Å². The number of hydrogen-bond donors (Lipinski definition) is 4. The predicted molar refractivity (Wildman–Crippen MR) is 63.1 cm³/mol. The molecule has 2 aromatic rings. The van der Waals surface area contributed by atoms with Crippen molar-refractivity contribution in [2.75, 3.05) is 6.54 Å². The van der Waals surface area contributed by atoms with Crippen LogP contribution in [0.3, 0.4) is 0 Å². The molecule has 0 amide bonds. The first-order valence-corrected chi connectivity index (χ1v) is 5.27. The Bertz CT molecular complexity index is 675. The van der Waals surface area contributed by atoms with Gasteiger partial charge in [-0.15, -0.1) is 0 Å². The van der Waals surface area contributed by atoms with E-state index in [4.69, 9.17) is 5.73 Å². The molecule has 0 aliphatic heterocycles. The first-order chi connectivity index (χ1) is 8.54. The summed E-state index contributed by atoms with van der Waals surface area (Å²) in [4.78, 5) is 25.0. The molecule has 7 heteroatoms. The second-order valence-electron chi connectivity index (χ2n) is 3.82. The van der Waals surface area contributed by atoms with Gasteiger partial charge in [-0.2, -0.15) is 0 Å². The normalized spacial score (nSPS) is 14.6. The molecule has 0 saturated heterocycles. The molecule has 0 radical (unpaired) electrons. The van der Waals surface area contributed by atoms with Crippen molar-refractivity contribution in [2.24, 2.45) is 5.73 Å². The smallest absolute Gasteiger partial charge is 0.389 e. The molecule has 2 rings (SSSR count). The highest BCUT2D eigenvalue weighted by molar-refractivity contribution is 5.81. The van der Waals surface area contributed by atoms with Gasteiger partial charge in [0.05, 0.1) is 17.0 Å². The van der Waals surface area contributed by atoms with E-state index in [0.717, 1.165) is 0 Å². The molecule has 1 heterocycles. The van der Waals surface area contributed by atoms with Crippen LogP contribution in [0.25, 0.3) is 10.9 Å². The third-order valence-electron chi connectivity index (χ3n) is 2.65. The summed E-state index contributed by atoms with van der Waals surface area (Å²) in [5.41, 5.74) is 4.78. The molecule has 1 aromatic heterocycles. The lowest BCUT2D eigenvalue weighted by Crippen LogP contribution is -2.28. The zero-order valence-corrected chi connectivity index (χ0v) is 9.29. The van der Waals surface area contributed by atoms with Crippen molar-refractivity contribution in [3.63, 3.8) is 0 Å². The molecule has 2 unspecified atom stereocenters. The van der Waals surface area contributed by atoms with E-state index in [9.17, 15) is 19.8 Å². The summed E-state index contributed by atoms with van der Waals surface area (Å²) in [7, 11) is 0. The molecule has 0 bridgehead atoms. The summed E-state index contributed by atoms with van der Waals surface area (Å²) in [5.74, 6) is -0.876. The second kappa shape index (κ2) is 4.73. The first kappa shape index (κ1) is 12.5. The number of nitrogens with one attached hydrogen (secondary N) is 1. The van der Waals surface area contributed by atoms with Crippen LogP contribution in [0.1, 0.15) is 11.7 Å². The largest absolute Gasteiger partial charge is 0.419 e. The molecular formula is C11H12N2O5. The van der Waals surface area contributed by atoms with Crippen LogP contribution in [0.5, 0.6) is 0 Å². The van der Waals surface area contributed by atoms with Crippen LogP contribution < -0.4 is 17.1 Å². The number of aromatic nitrogens is 1. The number of nitrogens with two attached hydrogens (primary N) is 1. The Hall–Kier alpha value is -1.96. The Morgan fingerprint density at radius 3 is 2.72 bits per heavy atom. The number of aliphatic hydroxyl groups is 2. The lowest BCUT2D eigenvalue weighted by Gasteiger charge is -2.17. The van der Waals surface area contributed by atoms with Crippen molar-refractivity contribution in [3.8, 4) is 0 Å². The number of aliphatic hydroxyl groups excluding tert-OH is 2. The highest BCUT2D eigenvalue weighted by Crippen LogP contribution is 2.22. The summed E-state index contributed by atoms with van der Waals surface area (Å²) in [6.07, 6.45) is -2.53.